The lowest BCUT2D eigenvalue weighted by molar-refractivity contribution is -0.118. The summed E-state index contributed by atoms with van der Waals surface area (Å²) in [7, 11) is 1.60. The SMILES string of the molecule is COc1ccc(Br)c(/C=N\NC(=O)CSc2nnc(-c3ccccc3)n2-c2ccccc2)c1. The van der Waals surface area contributed by atoms with Crippen molar-refractivity contribution in [3.05, 3.63) is 88.9 Å². The van der Waals surface area contributed by atoms with Crippen molar-refractivity contribution in [3.63, 3.8) is 0 Å². The summed E-state index contributed by atoms with van der Waals surface area (Å²) in [5.74, 6) is 1.30. The molecule has 0 spiro atoms. The zero-order valence-electron chi connectivity index (χ0n) is 17.7. The van der Waals surface area contributed by atoms with E-state index >= 15 is 0 Å². The van der Waals surface area contributed by atoms with Gasteiger partial charge in [0.05, 0.1) is 19.1 Å². The molecule has 0 atom stereocenters. The molecular weight excluding hydrogens is 502 g/mol. The number of ether oxygens (including phenoxy) is 1. The number of methoxy groups -OCH3 is 1. The maximum absolute atomic E-state index is 12.4. The Kier molecular flexibility index (Phi) is 7.54. The highest BCUT2D eigenvalue weighted by molar-refractivity contribution is 9.10. The van der Waals surface area contributed by atoms with E-state index in [1.807, 2.05) is 83.4 Å². The fourth-order valence-electron chi connectivity index (χ4n) is 3.03. The summed E-state index contributed by atoms with van der Waals surface area (Å²) in [6, 6.07) is 25.2. The maximum Gasteiger partial charge on any atom is 0.250 e. The molecule has 9 heteroatoms. The molecule has 33 heavy (non-hydrogen) atoms. The van der Waals surface area contributed by atoms with Gasteiger partial charge in [0.2, 0.25) is 0 Å². The van der Waals surface area contributed by atoms with Crippen LogP contribution in [0.5, 0.6) is 5.75 Å². The number of nitrogens with one attached hydrogen (secondary N) is 1. The van der Waals surface area contributed by atoms with Gasteiger partial charge in [-0.05, 0) is 30.3 Å². The molecule has 0 aliphatic heterocycles. The van der Waals surface area contributed by atoms with Crippen LogP contribution < -0.4 is 10.2 Å². The summed E-state index contributed by atoms with van der Waals surface area (Å²) >= 11 is 4.75. The first-order valence-electron chi connectivity index (χ1n) is 10.00. The lowest BCUT2D eigenvalue weighted by atomic mass is 10.2. The first kappa shape index (κ1) is 22.8. The Hall–Kier alpha value is -3.43. The van der Waals surface area contributed by atoms with Gasteiger partial charge < -0.3 is 4.74 Å². The third-order valence-corrected chi connectivity index (χ3v) is 6.26. The number of nitrogens with zero attached hydrogens (tertiary/aromatic N) is 4. The summed E-state index contributed by atoms with van der Waals surface area (Å²) in [5.41, 5.74) is 5.21. The van der Waals surface area contributed by atoms with Gasteiger partial charge in [-0.25, -0.2) is 5.43 Å². The molecule has 4 aromatic rings. The van der Waals surface area contributed by atoms with E-state index in [-0.39, 0.29) is 11.7 Å². The van der Waals surface area contributed by atoms with Crippen LogP contribution in [-0.2, 0) is 4.79 Å². The van der Waals surface area contributed by atoms with Crippen LogP contribution >= 0.6 is 27.7 Å². The van der Waals surface area contributed by atoms with E-state index in [0.29, 0.717) is 16.7 Å². The van der Waals surface area contributed by atoms with Crippen LogP contribution in [0, 0.1) is 0 Å². The Morgan fingerprint density at radius 1 is 1.09 bits per heavy atom. The Morgan fingerprint density at radius 3 is 2.55 bits per heavy atom. The van der Waals surface area contributed by atoms with Crippen LogP contribution in [0.3, 0.4) is 0 Å². The number of rotatable bonds is 8. The van der Waals surface area contributed by atoms with Crippen LogP contribution in [0.15, 0.2) is 93.6 Å². The molecule has 1 N–H and O–H groups in total. The summed E-state index contributed by atoms with van der Waals surface area (Å²) in [5, 5.41) is 13.4. The highest BCUT2D eigenvalue weighted by Gasteiger charge is 2.17. The zero-order chi connectivity index (χ0) is 23.0. The Labute approximate surface area is 204 Å². The topological polar surface area (TPSA) is 81.4 Å². The second-order valence-electron chi connectivity index (χ2n) is 6.81. The van der Waals surface area contributed by atoms with E-state index < -0.39 is 0 Å². The molecule has 0 saturated carbocycles. The van der Waals surface area contributed by atoms with Crippen molar-refractivity contribution >= 4 is 39.8 Å². The lowest BCUT2D eigenvalue weighted by Gasteiger charge is -2.10. The average molecular weight is 522 g/mol. The zero-order valence-corrected chi connectivity index (χ0v) is 20.1. The molecule has 4 rings (SSSR count). The normalized spacial score (nSPS) is 11.0. The number of thioether (sulfide) groups is 1. The molecule has 166 valence electrons. The molecule has 0 radical (unpaired) electrons. The number of amides is 1. The van der Waals surface area contributed by atoms with Crippen LogP contribution in [0.1, 0.15) is 5.56 Å². The minimum absolute atomic E-state index is 0.135. The van der Waals surface area contributed by atoms with E-state index in [2.05, 4.69) is 36.7 Å². The number of hydrazone groups is 1. The van der Waals surface area contributed by atoms with Gasteiger partial charge in [-0.15, -0.1) is 10.2 Å². The predicted octanol–water partition coefficient (Wildman–Crippen LogP) is 4.95. The monoisotopic (exact) mass is 521 g/mol. The number of hydrogen-bond donors (Lipinski definition) is 1. The van der Waals surface area contributed by atoms with E-state index in [0.717, 1.165) is 21.3 Å². The minimum Gasteiger partial charge on any atom is -0.497 e. The van der Waals surface area contributed by atoms with Crippen molar-refractivity contribution in [2.24, 2.45) is 5.10 Å². The van der Waals surface area contributed by atoms with Gasteiger partial charge in [0.15, 0.2) is 11.0 Å². The van der Waals surface area contributed by atoms with E-state index in [9.17, 15) is 4.79 Å². The molecule has 3 aromatic carbocycles. The van der Waals surface area contributed by atoms with Crippen LogP contribution in [0.4, 0.5) is 0 Å². The van der Waals surface area contributed by atoms with Crippen molar-refractivity contribution in [1.82, 2.24) is 20.2 Å². The van der Waals surface area contributed by atoms with Crippen molar-refractivity contribution in [3.8, 4) is 22.8 Å². The van der Waals surface area contributed by atoms with Gasteiger partial charge in [0.25, 0.3) is 5.91 Å². The molecule has 0 aliphatic carbocycles. The van der Waals surface area contributed by atoms with Crippen LogP contribution in [-0.4, -0.2) is 39.7 Å². The number of benzene rings is 3. The maximum atomic E-state index is 12.4. The Morgan fingerprint density at radius 2 is 1.82 bits per heavy atom. The van der Waals surface area contributed by atoms with Gasteiger partial charge in [0.1, 0.15) is 5.75 Å². The molecular formula is C24H20BrN5O2S. The summed E-state index contributed by atoms with van der Waals surface area (Å²) in [6.07, 6.45) is 1.56. The van der Waals surface area contributed by atoms with Gasteiger partial charge >= 0.3 is 0 Å². The molecule has 0 saturated heterocycles. The number of para-hydroxylation sites is 1. The third-order valence-electron chi connectivity index (χ3n) is 4.61. The lowest BCUT2D eigenvalue weighted by Crippen LogP contribution is -2.20. The molecule has 0 bridgehead atoms. The molecule has 1 heterocycles. The highest BCUT2D eigenvalue weighted by Crippen LogP contribution is 2.27. The molecule has 0 fully saturated rings. The molecule has 7 nitrogen and oxygen atoms in total. The minimum atomic E-state index is -0.251. The summed E-state index contributed by atoms with van der Waals surface area (Å²) in [4.78, 5) is 12.4. The highest BCUT2D eigenvalue weighted by atomic mass is 79.9. The predicted molar refractivity (Wildman–Crippen MR) is 134 cm³/mol. The van der Waals surface area contributed by atoms with Gasteiger partial charge in [-0.3, -0.25) is 9.36 Å². The quantitative estimate of drug-likeness (QED) is 0.201. The molecule has 1 amide bonds. The number of hydrogen-bond acceptors (Lipinski definition) is 6. The van der Waals surface area contributed by atoms with Gasteiger partial charge in [0, 0.05) is 21.3 Å². The number of halogens is 1. The first-order valence-corrected chi connectivity index (χ1v) is 11.8. The van der Waals surface area contributed by atoms with E-state index in [1.54, 1.807) is 13.3 Å². The number of carbonyl (C=O) groups excluding carboxylic acids is 1. The largest absolute Gasteiger partial charge is 0.497 e. The van der Waals surface area contributed by atoms with Crippen molar-refractivity contribution in [2.75, 3.05) is 12.9 Å². The molecule has 1 aromatic heterocycles. The van der Waals surface area contributed by atoms with Gasteiger partial charge in [-0.1, -0.05) is 76.2 Å². The Bertz CT molecular complexity index is 1260. The van der Waals surface area contributed by atoms with Crippen molar-refractivity contribution < 1.29 is 9.53 Å². The third kappa shape index (κ3) is 5.68. The van der Waals surface area contributed by atoms with Crippen molar-refractivity contribution in [2.45, 2.75) is 5.16 Å². The fourth-order valence-corrected chi connectivity index (χ4v) is 4.12. The van der Waals surface area contributed by atoms with Crippen LogP contribution in [0.2, 0.25) is 0 Å². The molecule has 0 unspecified atom stereocenters. The van der Waals surface area contributed by atoms with Gasteiger partial charge in [-0.2, -0.15) is 5.10 Å². The fraction of sp³-hybridized carbons (Fsp3) is 0.0833. The number of carbonyl (C=O) groups is 1. The smallest absolute Gasteiger partial charge is 0.250 e. The van der Waals surface area contributed by atoms with Crippen LogP contribution in [0.25, 0.3) is 17.1 Å². The number of aromatic nitrogens is 3. The standard InChI is InChI=1S/C24H20BrN5O2S/c1-32-20-12-13-21(25)18(14-20)15-26-27-22(31)16-33-24-29-28-23(17-8-4-2-5-9-17)30(24)19-10-6-3-7-11-19/h2-15H,16H2,1H3,(H,27,31)/b26-15-. The summed E-state index contributed by atoms with van der Waals surface area (Å²) in [6.45, 7) is 0. The second kappa shape index (κ2) is 10.9. The second-order valence-corrected chi connectivity index (χ2v) is 8.61. The van der Waals surface area contributed by atoms with E-state index in [4.69, 9.17) is 4.74 Å². The molecule has 0 aliphatic rings. The van der Waals surface area contributed by atoms with E-state index in [1.165, 1.54) is 11.8 Å². The summed E-state index contributed by atoms with van der Waals surface area (Å²) < 4.78 is 8.01. The average Bonchev–Trinajstić information content (AvgIpc) is 3.29. The Balaban J connectivity index is 1.47. The first-order chi connectivity index (χ1) is 16.2. The van der Waals surface area contributed by atoms with Crippen molar-refractivity contribution in [1.29, 1.82) is 0 Å².